The largest absolute Gasteiger partial charge is 0.301 e. The van der Waals surface area contributed by atoms with E-state index in [1.54, 1.807) is 0 Å². The van der Waals surface area contributed by atoms with Crippen molar-refractivity contribution in [3.63, 3.8) is 0 Å². The van der Waals surface area contributed by atoms with Crippen molar-refractivity contribution in [1.29, 1.82) is 0 Å². The smallest absolute Gasteiger partial charge is 0.00385 e. The zero-order chi connectivity index (χ0) is 13.6. The Labute approximate surface area is 116 Å². The summed E-state index contributed by atoms with van der Waals surface area (Å²) in [6.07, 6.45) is 14.0. The zero-order valence-corrected chi connectivity index (χ0v) is 13.5. The molecule has 0 fully saturated rings. The SMILES string of the molecule is CCCCCCCCN(CCCCCC)C(C)C. The van der Waals surface area contributed by atoms with Crippen LogP contribution in [-0.4, -0.2) is 24.0 Å². The highest BCUT2D eigenvalue weighted by Crippen LogP contribution is 2.09. The lowest BCUT2D eigenvalue weighted by atomic mass is 10.1. The van der Waals surface area contributed by atoms with Gasteiger partial charge in [0.2, 0.25) is 0 Å². The summed E-state index contributed by atoms with van der Waals surface area (Å²) in [6.45, 7) is 11.9. The molecule has 0 aliphatic rings. The van der Waals surface area contributed by atoms with E-state index >= 15 is 0 Å². The summed E-state index contributed by atoms with van der Waals surface area (Å²) < 4.78 is 0. The van der Waals surface area contributed by atoms with Gasteiger partial charge < -0.3 is 4.90 Å². The third-order valence-corrected chi connectivity index (χ3v) is 3.83. The summed E-state index contributed by atoms with van der Waals surface area (Å²) in [4.78, 5) is 2.68. The molecule has 0 aromatic rings. The van der Waals surface area contributed by atoms with Crippen molar-refractivity contribution in [2.24, 2.45) is 0 Å². The van der Waals surface area contributed by atoms with Gasteiger partial charge in [-0.15, -0.1) is 0 Å². The van der Waals surface area contributed by atoms with Gasteiger partial charge in [-0.1, -0.05) is 65.2 Å². The quantitative estimate of drug-likeness (QED) is 0.385. The Morgan fingerprint density at radius 3 is 1.44 bits per heavy atom. The topological polar surface area (TPSA) is 3.24 Å². The Bertz CT molecular complexity index is 154. The molecule has 0 saturated heterocycles. The lowest BCUT2D eigenvalue weighted by Crippen LogP contribution is -2.32. The van der Waals surface area contributed by atoms with Crippen molar-refractivity contribution in [3.05, 3.63) is 0 Å². The van der Waals surface area contributed by atoms with E-state index in [2.05, 4.69) is 32.6 Å². The van der Waals surface area contributed by atoms with Crippen LogP contribution in [0.4, 0.5) is 0 Å². The summed E-state index contributed by atoms with van der Waals surface area (Å²) in [5.41, 5.74) is 0. The minimum absolute atomic E-state index is 0.724. The molecule has 1 heteroatoms. The van der Waals surface area contributed by atoms with Gasteiger partial charge in [-0.3, -0.25) is 0 Å². The molecule has 0 amide bonds. The van der Waals surface area contributed by atoms with Crippen molar-refractivity contribution in [2.75, 3.05) is 13.1 Å². The van der Waals surface area contributed by atoms with E-state index in [1.165, 1.54) is 77.3 Å². The van der Waals surface area contributed by atoms with Crippen LogP contribution in [0.15, 0.2) is 0 Å². The van der Waals surface area contributed by atoms with E-state index in [9.17, 15) is 0 Å². The first-order valence-electron chi connectivity index (χ1n) is 8.46. The highest BCUT2D eigenvalue weighted by atomic mass is 15.1. The average molecular weight is 255 g/mol. The van der Waals surface area contributed by atoms with E-state index in [0.29, 0.717) is 0 Å². The second kappa shape index (κ2) is 13.4. The van der Waals surface area contributed by atoms with Crippen LogP contribution in [0.3, 0.4) is 0 Å². The van der Waals surface area contributed by atoms with Gasteiger partial charge in [-0.2, -0.15) is 0 Å². The molecule has 0 radical (unpaired) electrons. The van der Waals surface area contributed by atoms with Gasteiger partial charge >= 0.3 is 0 Å². The van der Waals surface area contributed by atoms with Crippen LogP contribution in [0, 0.1) is 0 Å². The van der Waals surface area contributed by atoms with Crippen molar-refractivity contribution < 1.29 is 0 Å². The summed E-state index contributed by atoms with van der Waals surface area (Å²) in [5.74, 6) is 0. The molecular weight excluding hydrogens is 218 g/mol. The number of hydrogen-bond donors (Lipinski definition) is 0. The standard InChI is InChI=1S/C17H37N/c1-5-7-9-11-12-14-16-18(17(3)4)15-13-10-8-6-2/h17H,5-16H2,1-4H3. The maximum absolute atomic E-state index is 2.68. The normalized spacial score (nSPS) is 11.7. The molecule has 0 heterocycles. The molecule has 0 atom stereocenters. The molecule has 110 valence electrons. The lowest BCUT2D eigenvalue weighted by molar-refractivity contribution is 0.212. The predicted octanol–water partition coefficient (Wildman–Crippen LogP) is 5.64. The average Bonchev–Trinajstić information content (AvgIpc) is 2.35. The van der Waals surface area contributed by atoms with Gasteiger partial charge in [0.25, 0.3) is 0 Å². The molecule has 0 saturated carbocycles. The van der Waals surface area contributed by atoms with E-state index < -0.39 is 0 Å². The number of hydrogen-bond acceptors (Lipinski definition) is 1. The fourth-order valence-corrected chi connectivity index (χ4v) is 2.47. The third-order valence-electron chi connectivity index (χ3n) is 3.83. The van der Waals surface area contributed by atoms with Crippen LogP contribution >= 0.6 is 0 Å². The molecule has 18 heavy (non-hydrogen) atoms. The van der Waals surface area contributed by atoms with Gasteiger partial charge in [0, 0.05) is 6.04 Å². The monoisotopic (exact) mass is 255 g/mol. The van der Waals surface area contributed by atoms with Gasteiger partial charge in [-0.05, 0) is 39.8 Å². The Morgan fingerprint density at radius 1 is 0.611 bits per heavy atom. The van der Waals surface area contributed by atoms with Crippen LogP contribution in [0.25, 0.3) is 0 Å². The van der Waals surface area contributed by atoms with Crippen molar-refractivity contribution >= 4 is 0 Å². The van der Waals surface area contributed by atoms with Gasteiger partial charge in [0.05, 0.1) is 0 Å². The van der Waals surface area contributed by atoms with Crippen LogP contribution in [-0.2, 0) is 0 Å². The molecule has 0 N–H and O–H groups in total. The molecular formula is C17H37N. The first-order valence-corrected chi connectivity index (χ1v) is 8.46. The minimum atomic E-state index is 0.724. The maximum atomic E-state index is 2.68. The first kappa shape index (κ1) is 18.0. The minimum Gasteiger partial charge on any atom is -0.301 e. The predicted molar refractivity (Wildman–Crippen MR) is 84.2 cm³/mol. The Hall–Kier alpha value is -0.0400. The molecule has 0 rings (SSSR count). The molecule has 0 spiro atoms. The fraction of sp³-hybridized carbons (Fsp3) is 1.00. The second-order valence-electron chi connectivity index (χ2n) is 5.96. The van der Waals surface area contributed by atoms with Gasteiger partial charge in [-0.25, -0.2) is 0 Å². The van der Waals surface area contributed by atoms with Crippen LogP contribution in [0.5, 0.6) is 0 Å². The molecule has 0 aliphatic heterocycles. The highest BCUT2D eigenvalue weighted by molar-refractivity contribution is 4.63. The molecule has 1 nitrogen and oxygen atoms in total. The number of rotatable bonds is 13. The maximum Gasteiger partial charge on any atom is 0.00385 e. The fourth-order valence-electron chi connectivity index (χ4n) is 2.47. The van der Waals surface area contributed by atoms with Crippen LogP contribution in [0.2, 0.25) is 0 Å². The molecule has 0 aliphatic carbocycles. The summed E-state index contributed by atoms with van der Waals surface area (Å²) >= 11 is 0. The first-order chi connectivity index (χ1) is 8.72. The Morgan fingerprint density at radius 2 is 1.00 bits per heavy atom. The number of unbranched alkanes of at least 4 members (excludes halogenated alkanes) is 8. The molecule has 0 unspecified atom stereocenters. The van der Waals surface area contributed by atoms with Crippen LogP contribution < -0.4 is 0 Å². The van der Waals surface area contributed by atoms with Crippen molar-refractivity contribution in [3.8, 4) is 0 Å². The Kier molecular flexibility index (Phi) is 13.4. The summed E-state index contributed by atoms with van der Waals surface area (Å²) in [5, 5.41) is 0. The third kappa shape index (κ3) is 11.1. The van der Waals surface area contributed by atoms with E-state index in [1.807, 2.05) is 0 Å². The van der Waals surface area contributed by atoms with Crippen molar-refractivity contribution in [2.45, 2.75) is 97.9 Å². The van der Waals surface area contributed by atoms with Crippen molar-refractivity contribution in [1.82, 2.24) is 4.90 Å². The molecule has 0 aromatic heterocycles. The van der Waals surface area contributed by atoms with Crippen LogP contribution in [0.1, 0.15) is 91.9 Å². The van der Waals surface area contributed by atoms with Gasteiger partial charge in [0.1, 0.15) is 0 Å². The summed E-state index contributed by atoms with van der Waals surface area (Å²) in [6, 6.07) is 0.724. The van der Waals surface area contributed by atoms with Gasteiger partial charge in [0.15, 0.2) is 0 Å². The lowest BCUT2D eigenvalue weighted by Gasteiger charge is -2.26. The van der Waals surface area contributed by atoms with E-state index in [4.69, 9.17) is 0 Å². The van der Waals surface area contributed by atoms with E-state index in [0.717, 1.165) is 6.04 Å². The Balaban J connectivity index is 3.51. The highest BCUT2D eigenvalue weighted by Gasteiger charge is 2.07. The molecule has 0 aromatic carbocycles. The van der Waals surface area contributed by atoms with E-state index in [-0.39, 0.29) is 0 Å². The summed E-state index contributed by atoms with van der Waals surface area (Å²) in [7, 11) is 0. The second-order valence-corrected chi connectivity index (χ2v) is 5.96. The molecule has 0 bridgehead atoms. The zero-order valence-electron chi connectivity index (χ0n) is 13.5. The number of nitrogens with zero attached hydrogens (tertiary/aromatic N) is 1.